The Morgan fingerprint density at radius 2 is 1.87 bits per heavy atom. The van der Waals surface area contributed by atoms with E-state index < -0.39 is 0 Å². The molecule has 4 heterocycles. The molecular weight excluding hydrogens is 392 g/mol. The third kappa shape index (κ3) is 3.38. The zero-order valence-electron chi connectivity index (χ0n) is 18.2. The first-order valence-corrected chi connectivity index (χ1v) is 10.8. The van der Waals surface area contributed by atoms with Gasteiger partial charge < -0.3 is 20.0 Å². The lowest BCUT2D eigenvalue weighted by Gasteiger charge is -2.24. The Balaban J connectivity index is 1.48. The zero-order chi connectivity index (χ0) is 21.5. The fraction of sp³-hybridized carbons (Fsp3) is 0.455. The monoisotopic (exact) mass is 420 g/mol. The number of likely N-dealkylation sites (N-methyl/N-ethyl adjacent to an activating group) is 2. The molecule has 0 spiro atoms. The van der Waals surface area contributed by atoms with Gasteiger partial charge in [0.15, 0.2) is 5.82 Å². The van der Waals surface area contributed by atoms with Gasteiger partial charge >= 0.3 is 0 Å². The molecule has 0 unspecified atom stereocenters. The molecule has 31 heavy (non-hydrogen) atoms. The van der Waals surface area contributed by atoms with Crippen LogP contribution in [0.2, 0.25) is 0 Å². The van der Waals surface area contributed by atoms with Gasteiger partial charge in [0, 0.05) is 27.3 Å². The normalized spacial score (nSPS) is 19.4. The van der Waals surface area contributed by atoms with Crippen molar-refractivity contribution in [2.45, 2.75) is 31.7 Å². The van der Waals surface area contributed by atoms with Crippen molar-refractivity contribution < 1.29 is 4.79 Å². The zero-order valence-corrected chi connectivity index (χ0v) is 18.2. The summed E-state index contributed by atoms with van der Waals surface area (Å²) < 4.78 is 2.05. The van der Waals surface area contributed by atoms with Crippen LogP contribution in [-0.4, -0.2) is 59.9 Å². The quantitative estimate of drug-likeness (QED) is 0.816. The lowest BCUT2D eigenvalue weighted by molar-refractivity contribution is -0.114. The van der Waals surface area contributed by atoms with Gasteiger partial charge in [-0.15, -0.1) is 0 Å². The van der Waals surface area contributed by atoms with Crippen LogP contribution in [0.1, 0.15) is 31.7 Å². The van der Waals surface area contributed by atoms with Crippen LogP contribution in [0.25, 0.3) is 0 Å². The number of nitrogens with one attached hydrogen (secondary N) is 1. The molecule has 3 aliphatic rings. The molecule has 1 saturated heterocycles. The Morgan fingerprint density at radius 3 is 2.68 bits per heavy atom. The Kier molecular flexibility index (Phi) is 4.97. The van der Waals surface area contributed by atoms with Gasteiger partial charge in [-0.05, 0) is 38.8 Å². The maximum absolute atomic E-state index is 13.0. The molecule has 2 aromatic heterocycles. The van der Waals surface area contributed by atoms with Crippen LogP contribution >= 0.6 is 0 Å². The predicted molar refractivity (Wildman–Crippen MR) is 121 cm³/mol. The number of allylic oxidation sites excluding steroid dienone is 2. The van der Waals surface area contributed by atoms with Gasteiger partial charge in [0.25, 0.3) is 5.91 Å². The molecule has 5 rings (SSSR count). The number of hydrogen-bond donors (Lipinski definition) is 1. The molecule has 162 valence electrons. The summed E-state index contributed by atoms with van der Waals surface area (Å²) in [7, 11) is 5.69. The van der Waals surface area contributed by atoms with E-state index in [4.69, 9.17) is 4.98 Å². The molecule has 2 aromatic rings. The minimum atomic E-state index is -0.0236. The van der Waals surface area contributed by atoms with Crippen molar-refractivity contribution in [2.24, 2.45) is 0 Å². The summed E-state index contributed by atoms with van der Waals surface area (Å²) in [6.45, 7) is 2.04. The van der Waals surface area contributed by atoms with Gasteiger partial charge in [0.2, 0.25) is 5.95 Å². The van der Waals surface area contributed by atoms with Gasteiger partial charge in [-0.25, -0.2) is 4.98 Å². The average molecular weight is 421 g/mol. The van der Waals surface area contributed by atoms with E-state index in [0.29, 0.717) is 17.7 Å². The number of aromatic nitrogens is 4. The molecule has 0 saturated carbocycles. The van der Waals surface area contributed by atoms with E-state index in [2.05, 4.69) is 32.4 Å². The number of rotatable bonds is 3. The summed E-state index contributed by atoms with van der Waals surface area (Å²) in [5.74, 6) is 1.26. The van der Waals surface area contributed by atoms with Crippen molar-refractivity contribution in [3.05, 3.63) is 42.0 Å². The fourth-order valence-corrected chi connectivity index (χ4v) is 4.47. The SMILES string of the molecule is CN1C(=O)C2=CCCC=C2N(C)c2nc(N(C)c3cnn(C4CCNCC4)c3)ncc21. The van der Waals surface area contributed by atoms with E-state index in [9.17, 15) is 4.79 Å². The van der Waals surface area contributed by atoms with Crippen LogP contribution in [0, 0.1) is 0 Å². The Hall–Kier alpha value is -3.20. The third-order valence-corrected chi connectivity index (χ3v) is 6.40. The predicted octanol–water partition coefficient (Wildman–Crippen LogP) is 2.38. The molecule has 1 fully saturated rings. The van der Waals surface area contributed by atoms with E-state index in [1.165, 1.54) is 0 Å². The number of amides is 1. The second kappa shape index (κ2) is 7.81. The minimum absolute atomic E-state index is 0.0236. The van der Waals surface area contributed by atoms with Crippen LogP contribution in [0.3, 0.4) is 0 Å². The van der Waals surface area contributed by atoms with E-state index in [1.54, 1.807) is 18.1 Å². The number of carbonyl (C=O) groups is 1. The highest BCUT2D eigenvalue weighted by atomic mass is 16.2. The van der Waals surface area contributed by atoms with Crippen LogP contribution in [0.4, 0.5) is 23.1 Å². The summed E-state index contributed by atoms with van der Waals surface area (Å²) in [6.07, 6.45) is 13.8. The van der Waals surface area contributed by atoms with Gasteiger partial charge in [0.05, 0.1) is 35.4 Å². The standard InChI is InChI=1S/C22H28N8O/c1-27(16-12-25-30(14-16)15-8-10-23-11-9-15)22-24-13-19-20(26-22)28(2)18-7-5-4-6-17(18)21(31)29(19)3/h6-7,12-15,23H,4-5,8-11H2,1-3H3. The van der Waals surface area contributed by atoms with Crippen molar-refractivity contribution in [2.75, 3.05) is 48.9 Å². The highest BCUT2D eigenvalue weighted by Gasteiger charge is 2.32. The average Bonchev–Trinajstić information content (AvgIpc) is 3.30. The number of piperidine rings is 1. The summed E-state index contributed by atoms with van der Waals surface area (Å²) in [5.41, 5.74) is 3.28. The maximum Gasteiger partial charge on any atom is 0.259 e. The molecule has 9 heteroatoms. The van der Waals surface area contributed by atoms with Crippen molar-refractivity contribution in [1.82, 2.24) is 25.1 Å². The molecule has 1 aliphatic carbocycles. The van der Waals surface area contributed by atoms with Gasteiger partial charge in [0.1, 0.15) is 5.69 Å². The Bertz CT molecular complexity index is 1070. The summed E-state index contributed by atoms with van der Waals surface area (Å²) in [6, 6.07) is 0.422. The van der Waals surface area contributed by atoms with Crippen molar-refractivity contribution in [3.63, 3.8) is 0 Å². The minimum Gasteiger partial charge on any atom is -0.327 e. The number of anilines is 4. The summed E-state index contributed by atoms with van der Waals surface area (Å²) >= 11 is 0. The first kappa shape index (κ1) is 19.7. The van der Waals surface area contributed by atoms with Crippen molar-refractivity contribution in [1.29, 1.82) is 0 Å². The van der Waals surface area contributed by atoms with E-state index >= 15 is 0 Å². The van der Waals surface area contributed by atoms with Crippen LogP contribution in [0.15, 0.2) is 42.0 Å². The molecular formula is C22H28N8O. The molecule has 0 atom stereocenters. The number of fused-ring (bicyclic) bond motifs is 2. The highest BCUT2D eigenvalue weighted by molar-refractivity contribution is 6.12. The first-order chi connectivity index (χ1) is 15.0. The molecule has 9 nitrogen and oxygen atoms in total. The van der Waals surface area contributed by atoms with E-state index in [0.717, 1.165) is 61.5 Å². The molecule has 0 bridgehead atoms. The third-order valence-electron chi connectivity index (χ3n) is 6.40. The highest BCUT2D eigenvalue weighted by Crippen LogP contribution is 2.38. The van der Waals surface area contributed by atoms with Crippen molar-refractivity contribution in [3.8, 4) is 0 Å². The molecule has 0 aromatic carbocycles. The van der Waals surface area contributed by atoms with E-state index in [-0.39, 0.29) is 5.91 Å². The van der Waals surface area contributed by atoms with Gasteiger partial charge in [-0.1, -0.05) is 12.2 Å². The maximum atomic E-state index is 13.0. The second-order valence-corrected chi connectivity index (χ2v) is 8.31. The lowest BCUT2D eigenvalue weighted by Crippen LogP contribution is -2.29. The Morgan fingerprint density at radius 1 is 1.10 bits per heavy atom. The number of nitrogens with zero attached hydrogens (tertiary/aromatic N) is 7. The topological polar surface area (TPSA) is 82.4 Å². The van der Waals surface area contributed by atoms with Crippen LogP contribution in [0.5, 0.6) is 0 Å². The largest absolute Gasteiger partial charge is 0.327 e. The first-order valence-electron chi connectivity index (χ1n) is 10.8. The number of hydrogen-bond acceptors (Lipinski definition) is 7. The summed E-state index contributed by atoms with van der Waals surface area (Å²) in [5, 5.41) is 7.98. The smallest absolute Gasteiger partial charge is 0.259 e. The molecule has 1 N–H and O–H groups in total. The van der Waals surface area contributed by atoms with E-state index in [1.807, 2.05) is 36.2 Å². The van der Waals surface area contributed by atoms with Crippen LogP contribution in [-0.2, 0) is 4.79 Å². The van der Waals surface area contributed by atoms with Gasteiger partial charge in [-0.2, -0.15) is 10.1 Å². The molecule has 0 radical (unpaired) electrons. The van der Waals surface area contributed by atoms with Crippen LogP contribution < -0.4 is 20.0 Å². The molecule has 1 amide bonds. The lowest BCUT2D eigenvalue weighted by atomic mass is 10.0. The molecule has 2 aliphatic heterocycles. The number of carbonyl (C=O) groups excluding carboxylic acids is 1. The second-order valence-electron chi connectivity index (χ2n) is 8.31. The van der Waals surface area contributed by atoms with Gasteiger partial charge in [-0.3, -0.25) is 9.48 Å². The fourth-order valence-electron chi connectivity index (χ4n) is 4.47. The van der Waals surface area contributed by atoms with Crippen molar-refractivity contribution >= 4 is 29.0 Å². The summed E-state index contributed by atoms with van der Waals surface area (Å²) in [4.78, 5) is 28.0. The Labute approximate surface area is 182 Å².